The van der Waals surface area contributed by atoms with Crippen LogP contribution in [0.1, 0.15) is 31.0 Å². The van der Waals surface area contributed by atoms with Gasteiger partial charge in [0.25, 0.3) is 0 Å². The quantitative estimate of drug-likeness (QED) is 0.766. The topological polar surface area (TPSA) is 38.9 Å². The van der Waals surface area contributed by atoms with E-state index < -0.39 is 0 Å². The summed E-state index contributed by atoms with van der Waals surface area (Å²) in [5.41, 5.74) is 8.06. The molecule has 0 aliphatic rings. The molecule has 13 heavy (non-hydrogen) atoms. The van der Waals surface area contributed by atoms with E-state index in [4.69, 9.17) is 5.73 Å². The molecule has 1 rings (SSSR count). The summed E-state index contributed by atoms with van der Waals surface area (Å²) >= 11 is 0. The maximum atomic E-state index is 5.67. The summed E-state index contributed by atoms with van der Waals surface area (Å²) in [5, 5.41) is 0. The van der Waals surface area contributed by atoms with Crippen LogP contribution in [0.25, 0.3) is 0 Å². The van der Waals surface area contributed by atoms with Gasteiger partial charge in [-0.3, -0.25) is 4.98 Å². The zero-order valence-corrected chi connectivity index (χ0v) is 8.46. The highest BCUT2D eigenvalue weighted by molar-refractivity contribution is 5.12. The SMILES string of the molecule is Cc1ccc(CCCC(C)N)cn1. The third-order valence-electron chi connectivity index (χ3n) is 2.10. The molecule has 0 amide bonds. The van der Waals surface area contributed by atoms with Crippen molar-refractivity contribution in [3.8, 4) is 0 Å². The van der Waals surface area contributed by atoms with Crippen molar-refractivity contribution >= 4 is 0 Å². The molecule has 0 fully saturated rings. The molecule has 1 unspecified atom stereocenters. The summed E-state index contributed by atoms with van der Waals surface area (Å²) < 4.78 is 0. The lowest BCUT2D eigenvalue weighted by molar-refractivity contribution is 0.623. The van der Waals surface area contributed by atoms with Crippen LogP contribution in [0.15, 0.2) is 18.3 Å². The highest BCUT2D eigenvalue weighted by atomic mass is 14.7. The van der Waals surface area contributed by atoms with Crippen LogP contribution in [0.2, 0.25) is 0 Å². The fraction of sp³-hybridized carbons (Fsp3) is 0.545. The van der Waals surface area contributed by atoms with Gasteiger partial charge in [-0.1, -0.05) is 6.07 Å². The Morgan fingerprint density at radius 3 is 2.77 bits per heavy atom. The Morgan fingerprint density at radius 2 is 2.23 bits per heavy atom. The van der Waals surface area contributed by atoms with Crippen LogP contribution in [0, 0.1) is 6.92 Å². The van der Waals surface area contributed by atoms with Gasteiger partial charge in [0.05, 0.1) is 0 Å². The van der Waals surface area contributed by atoms with Crippen LogP contribution in [-0.4, -0.2) is 11.0 Å². The molecule has 0 aliphatic heterocycles. The van der Waals surface area contributed by atoms with Crippen molar-refractivity contribution in [2.24, 2.45) is 5.73 Å². The summed E-state index contributed by atoms with van der Waals surface area (Å²) in [6, 6.07) is 4.52. The molecule has 1 aromatic rings. The van der Waals surface area contributed by atoms with E-state index in [-0.39, 0.29) is 0 Å². The molecule has 1 aromatic heterocycles. The highest BCUT2D eigenvalue weighted by Crippen LogP contribution is 2.05. The van der Waals surface area contributed by atoms with Gasteiger partial charge in [0, 0.05) is 17.9 Å². The van der Waals surface area contributed by atoms with Gasteiger partial charge in [0.1, 0.15) is 0 Å². The number of aromatic nitrogens is 1. The van der Waals surface area contributed by atoms with E-state index in [0.29, 0.717) is 6.04 Å². The molecule has 1 heterocycles. The third-order valence-corrected chi connectivity index (χ3v) is 2.10. The van der Waals surface area contributed by atoms with Crippen molar-refractivity contribution in [3.63, 3.8) is 0 Å². The van der Waals surface area contributed by atoms with Crippen LogP contribution in [0.3, 0.4) is 0 Å². The number of hydrogen-bond donors (Lipinski definition) is 1. The first-order chi connectivity index (χ1) is 6.18. The molecule has 0 radical (unpaired) electrons. The lowest BCUT2D eigenvalue weighted by atomic mass is 10.1. The number of aryl methyl sites for hydroxylation is 2. The van der Waals surface area contributed by atoms with Crippen molar-refractivity contribution in [2.75, 3.05) is 0 Å². The van der Waals surface area contributed by atoms with Crippen molar-refractivity contribution in [1.82, 2.24) is 4.98 Å². The zero-order valence-electron chi connectivity index (χ0n) is 8.46. The minimum atomic E-state index is 0.318. The molecule has 0 aromatic carbocycles. The maximum Gasteiger partial charge on any atom is 0.0372 e. The summed E-state index contributed by atoms with van der Waals surface area (Å²) in [7, 11) is 0. The Labute approximate surface area is 80.2 Å². The normalized spacial score (nSPS) is 12.8. The smallest absolute Gasteiger partial charge is 0.0372 e. The number of nitrogens with zero attached hydrogens (tertiary/aromatic N) is 1. The van der Waals surface area contributed by atoms with Gasteiger partial charge in [-0.05, 0) is 44.7 Å². The van der Waals surface area contributed by atoms with Gasteiger partial charge in [0.15, 0.2) is 0 Å². The first-order valence-corrected chi connectivity index (χ1v) is 4.85. The molecular formula is C11H18N2. The second kappa shape index (κ2) is 4.97. The lowest BCUT2D eigenvalue weighted by Crippen LogP contribution is -2.14. The Balaban J connectivity index is 2.33. The van der Waals surface area contributed by atoms with Crippen LogP contribution >= 0.6 is 0 Å². The highest BCUT2D eigenvalue weighted by Gasteiger charge is 1.96. The average molecular weight is 178 g/mol. The first-order valence-electron chi connectivity index (χ1n) is 4.85. The lowest BCUT2D eigenvalue weighted by Gasteiger charge is -2.04. The Hall–Kier alpha value is -0.890. The number of rotatable bonds is 4. The standard InChI is InChI=1S/C11H18N2/c1-9(12)4-3-5-11-7-6-10(2)13-8-11/h6-9H,3-5,12H2,1-2H3. The van der Waals surface area contributed by atoms with Gasteiger partial charge < -0.3 is 5.73 Å². The summed E-state index contributed by atoms with van der Waals surface area (Å²) in [6.07, 6.45) is 5.29. The van der Waals surface area contributed by atoms with Crippen LogP contribution in [0.5, 0.6) is 0 Å². The summed E-state index contributed by atoms with van der Waals surface area (Å²) in [6.45, 7) is 4.05. The van der Waals surface area contributed by atoms with E-state index in [1.807, 2.05) is 20.0 Å². The zero-order chi connectivity index (χ0) is 9.68. The van der Waals surface area contributed by atoms with Crippen LogP contribution < -0.4 is 5.73 Å². The van der Waals surface area contributed by atoms with Crippen molar-refractivity contribution in [2.45, 2.75) is 39.2 Å². The molecular weight excluding hydrogens is 160 g/mol. The van der Waals surface area contributed by atoms with Crippen LogP contribution in [0.4, 0.5) is 0 Å². The second-order valence-electron chi connectivity index (χ2n) is 3.68. The molecule has 72 valence electrons. The average Bonchev–Trinajstić information content (AvgIpc) is 2.08. The predicted molar refractivity (Wildman–Crippen MR) is 55.6 cm³/mol. The first kappa shape index (κ1) is 10.2. The van der Waals surface area contributed by atoms with Crippen molar-refractivity contribution in [3.05, 3.63) is 29.6 Å². The van der Waals surface area contributed by atoms with E-state index in [1.54, 1.807) is 0 Å². The molecule has 2 nitrogen and oxygen atoms in total. The number of hydrogen-bond acceptors (Lipinski definition) is 2. The summed E-state index contributed by atoms with van der Waals surface area (Å²) in [5.74, 6) is 0. The summed E-state index contributed by atoms with van der Waals surface area (Å²) in [4.78, 5) is 4.25. The molecule has 1 atom stereocenters. The Morgan fingerprint density at radius 1 is 1.46 bits per heavy atom. The fourth-order valence-electron chi connectivity index (χ4n) is 1.27. The maximum absolute atomic E-state index is 5.67. The molecule has 0 saturated heterocycles. The van der Waals surface area contributed by atoms with Gasteiger partial charge in [0.2, 0.25) is 0 Å². The van der Waals surface area contributed by atoms with Gasteiger partial charge >= 0.3 is 0 Å². The van der Waals surface area contributed by atoms with Gasteiger partial charge in [-0.15, -0.1) is 0 Å². The molecule has 0 spiro atoms. The molecule has 2 heteroatoms. The Bertz CT molecular complexity index is 239. The van der Waals surface area contributed by atoms with E-state index in [2.05, 4.69) is 17.1 Å². The van der Waals surface area contributed by atoms with Gasteiger partial charge in [-0.25, -0.2) is 0 Å². The minimum Gasteiger partial charge on any atom is -0.328 e. The Kier molecular flexibility index (Phi) is 3.90. The fourth-order valence-corrected chi connectivity index (χ4v) is 1.27. The third kappa shape index (κ3) is 4.04. The molecule has 0 saturated carbocycles. The molecule has 2 N–H and O–H groups in total. The van der Waals surface area contributed by atoms with E-state index in [1.165, 1.54) is 5.56 Å². The van der Waals surface area contributed by atoms with E-state index in [0.717, 1.165) is 25.0 Å². The monoisotopic (exact) mass is 178 g/mol. The second-order valence-corrected chi connectivity index (χ2v) is 3.68. The minimum absolute atomic E-state index is 0.318. The van der Waals surface area contributed by atoms with Crippen molar-refractivity contribution < 1.29 is 0 Å². The van der Waals surface area contributed by atoms with Crippen molar-refractivity contribution in [1.29, 1.82) is 0 Å². The van der Waals surface area contributed by atoms with Gasteiger partial charge in [-0.2, -0.15) is 0 Å². The number of pyridine rings is 1. The van der Waals surface area contributed by atoms with E-state index in [9.17, 15) is 0 Å². The molecule has 0 aliphatic carbocycles. The van der Waals surface area contributed by atoms with Crippen LogP contribution in [-0.2, 0) is 6.42 Å². The molecule has 0 bridgehead atoms. The largest absolute Gasteiger partial charge is 0.328 e. The number of nitrogens with two attached hydrogens (primary N) is 1. The van der Waals surface area contributed by atoms with E-state index >= 15 is 0 Å². The predicted octanol–water partition coefficient (Wildman–Crippen LogP) is 2.06.